The molecule has 0 aliphatic heterocycles. The summed E-state index contributed by atoms with van der Waals surface area (Å²) in [5.74, 6) is 1.71. The van der Waals surface area contributed by atoms with Crippen molar-refractivity contribution in [1.82, 2.24) is 15.0 Å². The van der Waals surface area contributed by atoms with Crippen LogP contribution in [-0.2, 0) is 0 Å². The number of hydrogen-bond donors (Lipinski definition) is 0. The molecule has 0 radical (unpaired) electrons. The standard InChI is InChI=1S/C33H21N3S/c1-4-11-22(12-5-1)26-17-10-18-28-30(26)27-20-19-25(21-29(27)37-28)33-35-31(23-13-6-2-7-14-23)34-32(36-33)24-15-8-3-9-16-24/h1-21H/i1D,4D,5D,11D,12D. The monoisotopic (exact) mass is 496 g/mol. The fraction of sp³-hybridized carbons (Fsp3) is 0. The SMILES string of the molecule is [2H]c1c([2H])c([2H])c(-c2cccc3sc4cc(-c5nc(-c6ccccc6)nc(-c6ccccc6)n5)ccc4c23)c([2H])c1[2H]. The molecule has 0 fully saturated rings. The predicted molar refractivity (Wildman–Crippen MR) is 154 cm³/mol. The molecule has 0 saturated heterocycles. The summed E-state index contributed by atoms with van der Waals surface area (Å²) >= 11 is 1.58. The van der Waals surface area contributed by atoms with E-state index in [1.807, 2.05) is 97.1 Å². The second kappa shape index (κ2) is 9.08. The van der Waals surface area contributed by atoms with Gasteiger partial charge >= 0.3 is 0 Å². The summed E-state index contributed by atoms with van der Waals surface area (Å²) < 4.78 is 43.4. The second-order valence-electron chi connectivity index (χ2n) is 8.53. The number of aromatic nitrogens is 3. The van der Waals surface area contributed by atoms with Crippen molar-refractivity contribution < 1.29 is 6.85 Å². The van der Waals surface area contributed by atoms with Gasteiger partial charge in [-0.2, -0.15) is 0 Å². The highest BCUT2D eigenvalue weighted by molar-refractivity contribution is 7.26. The van der Waals surface area contributed by atoms with E-state index in [4.69, 9.17) is 21.8 Å². The van der Waals surface area contributed by atoms with E-state index in [-0.39, 0.29) is 29.7 Å². The van der Waals surface area contributed by atoms with Gasteiger partial charge in [0.05, 0.1) is 6.85 Å². The van der Waals surface area contributed by atoms with E-state index < -0.39 is 6.04 Å². The third kappa shape index (κ3) is 3.98. The second-order valence-corrected chi connectivity index (χ2v) is 9.61. The van der Waals surface area contributed by atoms with Crippen LogP contribution in [0, 0.1) is 0 Å². The van der Waals surface area contributed by atoms with Gasteiger partial charge in [0.25, 0.3) is 0 Å². The Morgan fingerprint density at radius 1 is 0.514 bits per heavy atom. The zero-order chi connectivity index (χ0) is 29.0. The van der Waals surface area contributed by atoms with Crippen molar-refractivity contribution in [3.8, 4) is 45.3 Å². The molecule has 2 heterocycles. The molecule has 7 rings (SSSR count). The Morgan fingerprint density at radius 2 is 1.14 bits per heavy atom. The molecule has 37 heavy (non-hydrogen) atoms. The topological polar surface area (TPSA) is 38.7 Å². The molecule has 0 unspecified atom stereocenters. The van der Waals surface area contributed by atoms with Crippen LogP contribution in [0.2, 0.25) is 0 Å². The van der Waals surface area contributed by atoms with E-state index in [1.54, 1.807) is 11.3 Å². The molecule has 5 aromatic carbocycles. The molecule has 174 valence electrons. The number of thiophene rings is 1. The van der Waals surface area contributed by atoms with Crippen LogP contribution in [0.15, 0.2) is 127 Å². The Morgan fingerprint density at radius 3 is 1.78 bits per heavy atom. The van der Waals surface area contributed by atoms with Gasteiger partial charge in [-0.25, -0.2) is 15.0 Å². The summed E-state index contributed by atoms with van der Waals surface area (Å²) in [4.78, 5) is 14.5. The lowest BCUT2D eigenvalue weighted by atomic mass is 9.99. The Kier molecular flexibility index (Phi) is 4.15. The Labute approximate surface area is 225 Å². The molecule has 2 aromatic heterocycles. The van der Waals surface area contributed by atoms with E-state index in [9.17, 15) is 0 Å². The molecule has 0 atom stereocenters. The summed E-state index contributed by atoms with van der Waals surface area (Å²) in [6.07, 6.45) is 0. The van der Waals surface area contributed by atoms with Crippen LogP contribution in [0.25, 0.3) is 65.5 Å². The van der Waals surface area contributed by atoms with Crippen molar-refractivity contribution in [2.24, 2.45) is 0 Å². The number of fused-ring (bicyclic) bond motifs is 3. The normalized spacial score (nSPS) is 13.1. The maximum absolute atomic E-state index is 8.55. The quantitative estimate of drug-likeness (QED) is 0.244. The largest absolute Gasteiger partial charge is 0.208 e. The van der Waals surface area contributed by atoms with Crippen LogP contribution in [0.3, 0.4) is 0 Å². The van der Waals surface area contributed by atoms with E-state index >= 15 is 0 Å². The number of benzene rings is 5. The molecule has 0 amide bonds. The molecule has 0 N–H and O–H groups in total. The van der Waals surface area contributed by atoms with Gasteiger partial charge in [0.15, 0.2) is 17.5 Å². The van der Waals surface area contributed by atoms with Crippen LogP contribution in [-0.4, -0.2) is 15.0 Å². The first-order chi connectivity index (χ1) is 20.4. The third-order valence-corrected chi connectivity index (χ3v) is 7.34. The summed E-state index contributed by atoms with van der Waals surface area (Å²) in [6.45, 7) is 0. The van der Waals surface area contributed by atoms with Gasteiger partial charge in [0, 0.05) is 36.9 Å². The van der Waals surface area contributed by atoms with Crippen LogP contribution >= 0.6 is 11.3 Å². The maximum atomic E-state index is 8.55. The molecule has 0 aliphatic rings. The van der Waals surface area contributed by atoms with Gasteiger partial charge in [0.2, 0.25) is 0 Å². The minimum atomic E-state index is -0.400. The highest BCUT2D eigenvalue weighted by atomic mass is 32.1. The first-order valence-electron chi connectivity index (χ1n) is 14.3. The van der Waals surface area contributed by atoms with Crippen molar-refractivity contribution in [1.29, 1.82) is 0 Å². The molecule has 3 nitrogen and oxygen atoms in total. The molecule has 0 saturated carbocycles. The first-order valence-corrected chi connectivity index (χ1v) is 12.6. The van der Waals surface area contributed by atoms with Crippen LogP contribution in [0.4, 0.5) is 0 Å². The summed E-state index contributed by atoms with van der Waals surface area (Å²) in [5, 5.41) is 1.79. The summed E-state index contributed by atoms with van der Waals surface area (Å²) in [6, 6.07) is 29.8. The lowest BCUT2D eigenvalue weighted by Gasteiger charge is -2.08. The van der Waals surface area contributed by atoms with Crippen molar-refractivity contribution in [2.45, 2.75) is 0 Å². The Balaban J connectivity index is 1.43. The van der Waals surface area contributed by atoms with E-state index in [0.29, 0.717) is 23.0 Å². The van der Waals surface area contributed by atoms with E-state index in [0.717, 1.165) is 36.9 Å². The number of rotatable bonds is 4. The van der Waals surface area contributed by atoms with Crippen LogP contribution < -0.4 is 0 Å². The summed E-state index contributed by atoms with van der Waals surface area (Å²) in [7, 11) is 0. The van der Waals surface area contributed by atoms with Crippen molar-refractivity contribution >= 4 is 31.5 Å². The predicted octanol–water partition coefficient (Wildman–Crippen LogP) is 8.91. The van der Waals surface area contributed by atoms with E-state index in [1.165, 1.54) is 0 Å². The lowest BCUT2D eigenvalue weighted by Crippen LogP contribution is -1.99. The molecule has 0 aliphatic carbocycles. The van der Waals surface area contributed by atoms with Gasteiger partial charge < -0.3 is 0 Å². The van der Waals surface area contributed by atoms with Gasteiger partial charge in [0.1, 0.15) is 0 Å². The molecule has 0 spiro atoms. The van der Waals surface area contributed by atoms with Crippen molar-refractivity contribution in [3.05, 3.63) is 127 Å². The van der Waals surface area contributed by atoms with Gasteiger partial charge in [-0.3, -0.25) is 0 Å². The van der Waals surface area contributed by atoms with Crippen molar-refractivity contribution in [2.75, 3.05) is 0 Å². The zero-order valence-electron chi connectivity index (χ0n) is 24.5. The molecule has 4 heteroatoms. The molecule has 0 bridgehead atoms. The zero-order valence-corrected chi connectivity index (χ0v) is 20.3. The maximum Gasteiger partial charge on any atom is 0.164 e. The fourth-order valence-corrected chi connectivity index (χ4v) is 5.67. The highest BCUT2D eigenvalue weighted by Crippen LogP contribution is 2.41. The van der Waals surface area contributed by atoms with E-state index in [2.05, 4.69) is 0 Å². The van der Waals surface area contributed by atoms with Gasteiger partial charge in [-0.1, -0.05) is 115 Å². The molecule has 7 aromatic rings. The van der Waals surface area contributed by atoms with Crippen LogP contribution in [0.5, 0.6) is 0 Å². The molecular formula is C33H21N3S. The molecular weight excluding hydrogens is 470 g/mol. The average Bonchev–Trinajstić information content (AvgIpc) is 3.42. The number of nitrogens with zero attached hydrogens (tertiary/aromatic N) is 3. The third-order valence-electron chi connectivity index (χ3n) is 6.22. The highest BCUT2D eigenvalue weighted by Gasteiger charge is 2.15. The fourth-order valence-electron chi connectivity index (χ4n) is 4.50. The van der Waals surface area contributed by atoms with Crippen LogP contribution in [0.1, 0.15) is 6.85 Å². The smallest absolute Gasteiger partial charge is 0.164 e. The minimum absolute atomic E-state index is 0.202. The summed E-state index contributed by atoms with van der Waals surface area (Å²) in [5.41, 5.74) is 3.43. The lowest BCUT2D eigenvalue weighted by molar-refractivity contribution is 1.07. The average molecular weight is 497 g/mol. The van der Waals surface area contributed by atoms with Gasteiger partial charge in [-0.05, 0) is 23.3 Å². The first kappa shape index (κ1) is 16.9. The van der Waals surface area contributed by atoms with Gasteiger partial charge in [-0.15, -0.1) is 11.3 Å². The van der Waals surface area contributed by atoms with Crippen molar-refractivity contribution in [3.63, 3.8) is 0 Å². The minimum Gasteiger partial charge on any atom is -0.208 e. The Bertz CT molecular complexity index is 2060. The Hall–Kier alpha value is -4.67. The number of hydrogen-bond acceptors (Lipinski definition) is 4.